The van der Waals surface area contributed by atoms with Gasteiger partial charge in [0.2, 0.25) is 0 Å². The Morgan fingerprint density at radius 3 is 2.48 bits per heavy atom. The Morgan fingerprint density at radius 1 is 1.17 bits per heavy atom. The maximum atomic E-state index is 12.8. The molecule has 1 aromatic rings. The van der Waals surface area contributed by atoms with Gasteiger partial charge in [0.05, 0.1) is 5.56 Å². The first-order chi connectivity index (χ1) is 10.9. The monoisotopic (exact) mass is 322 g/mol. The zero-order valence-electron chi connectivity index (χ0n) is 12.3. The normalized spacial score (nSPS) is 27.8. The van der Waals surface area contributed by atoms with E-state index in [4.69, 9.17) is 5.73 Å². The van der Waals surface area contributed by atoms with Crippen molar-refractivity contribution >= 4 is 12.4 Å². The van der Waals surface area contributed by atoms with Crippen molar-refractivity contribution in [2.75, 3.05) is 13.1 Å². The van der Waals surface area contributed by atoms with E-state index >= 15 is 0 Å². The second kappa shape index (κ2) is 5.90. The molecule has 0 aliphatic carbocycles. The summed E-state index contributed by atoms with van der Waals surface area (Å²) < 4.78 is 38.4. The van der Waals surface area contributed by atoms with E-state index in [0.717, 1.165) is 30.7 Å². The third kappa shape index (κ3) is 2.82. The van der Waals surface area contributed by atoms with E-state index in [9.17, 15) is 13.2 Å². The molecule has 4 nitrogen and oxygen atoms in total. The van der Waals surface area contributed by atoms with Crippen LogP contribution in [0.1, 0.15) is 17.5 Å². The number of nitrogens with one attached hydrogen (secondary N) is 1. The van der Waals surface area contributed by atoms with Crippen LogP contribution >= 0.6 is 0 Å². The van der Waals surface area contributed by atoms with E-state index in [1.54, 1.807) is 6.21 Å². The van der Waals surface area contributed by atoms with Crippen LogP contribution in [-0.2, 0) is 11.7 Å². The van der Waals surface area contributed by atoms with E-state index in [0.29, 0.717) is 12.1 Å². The Bertz CT molecular complexity index is 661. The molecule has 0 spiro atoms. The second-order valence-electron chi connectivity index (χ2n) is 5.55. The zero-order valence-corrected chi connectivity index (χ0v) is 12.3. The maximum absolute atomic E-state index is 12.8. The molecule has 0 saturated carbocycles. The minimum Gasteiger partial charge on any atom is -0.313 e. The molecule has 0 fully saturated rings. The standard InChI is InChI=1S/C16H17F3N4/c17-16(18,19)13-3-1-11(2-4-13)15(12-5-7-21-8-6-12)14(20)22-9-10-23-15/h1-5,9-10,14,21H,6-8,20H2. The fourth-order valence-corrected chi connectivity index (χ4v) is 3.05. The molecule has 0 bridgehead atoms. The summed E-state index contributed by atoms with van der Waals surface area (Å²) in [6.07, 6.45) is 0.781. The van der Waals surface area contributed by atoms with Gasteiger partial charge in [-0.15, -0.1) is 0 Å². The molecular formula is C16H17F3N4. The molecule has 2 aliphatic rings. The van der Waals surface area contributed by atoms with Crippen LogP contribution in [0, 0.1) is 0 Å². The van der Waals surface area contributed by atoms with Crippen molar-refractivity contribution in [2.24, 2.45) is 15.7 Å². The molecule has 3 rings (SSSR count). The van der Waals surface area contributed by atoms with Crippen molar-refractivity contribution in [1.82, 2.24) is 5.32 Å². The van der Waals surface area contributed by atoms with Crippen LogP contribution in [-0.4, -0.2) is 31.7 Å². The molecule has 23 heavy (non-hydrogen) atoms. The highest BCUT2D eigenvalue weighted by molar-refractivity contribution is 6.16. The van der Waals surface area contributed by atoms with Crippen LogP contribution < -0.4 is 11.1 Å². The maximum Gasteiger partial charge on any atom is 0.416 e. The van der Waals surface area contributed by atoms with Gasteiger partial charge < -0.3 is 11.1 Å². The lowest BCUT2D eigenvalue weighted by Crippen LogP contribution is -2.47. The lowest BCUT2D eigenvalue weighted by Gasteiger charge is -2.39. The summed E-state index contributed by atoms with van der Waals surface area (Å²) in [4.78, 5) is 8.78. The Morgan fingerprint density at radius 2 is 1.91 bits per heavy atom. The molecule has 2 atom stereocenters. The van der Waals surface area contributed by atoms with Crippen LogP contribution in [0.2, 0.25) is 0 Å². The fraction of sp³-hybridized carbons (Fsp3) is 0.375. The van der Waals surface area contributed by atoms with Crippen LogP contribution in [0.4, 0.5) is 13.2 Å². The molecule has 0 radical (unpaired) electrons. The van der Waals surface area contributed by atoms with Crippen molar-refractivity contribution in [2.45, 2.75) is 24.3 Å². The Balaban J connectivity index is 2.08. The van der Waals surface area contributed by atoms with Crippen LogP contribution in [0.5, 0.6) is 0 Å². The van der Waals surface area contributed by atoms with Crippen molar-refractivity contribution in [1.29, 1.82) is 0 Å². The number of rotatable bonds is 2. The van der Waals surface area contributed by atoms with E-state index < -0.39 is 23.4 Å². The summed E-state index contributed by atoms with van der Waals surface area (Å²) in [5.74, 6) is 0. The Labute approximate surface area is 132 Å². The number of hydrogen-bond acceptors (Lipinski definition) is 4. The van der Waals surface area contributed by atoms with Crippen LogP contribution in [0.15, 0.2) is 45.9 Å². The van der Waals surface area contributed by atoms with Gasteiger partial charge in [0.25, 0.3) is 0 Å². The minimum atomic E-state index is -4.37. The molecule has 2 aliphatic heterocycles. The van der Waals surface area contributed by atoms with Crippen molar-refractivity contribution in [3.8, 4) is 0 Å². The molecule has 7 heteroatoms. The number of alkyl halides is 3. The van der Waals surface area contributed by atoms with E-state index in [1.165, 1.54) is 18.3 Å². The molecule has 2 unspecified atom stereocenters. The van der Waals surface area contributed by atoms with Gasteiger partial charge in [-0.05, 0) is 36.2 Å². The second-order valence-corrected chi connectivity index (χ2v) is 5.55. The van der Waals surface area contributed by atoms with Crippen LogP contribution in [0.3, 0.4) is 0 Å². The van der Waals surface area contributed by atoms with E-state index in [-0.39, 0.29) is 0 Å². The van der Waals surface area contributed by atoms with E-state index in [2.05, 4.69) is 15.3 Å². The zero-order chi connectivity index (χ0) is 16.5. The number of aliphatic imine (C=N–C) groups is 2. The van der Waals surface area contributed by atoms with Gasteiger partial charge in [-0.2, -0.15) is 13.2 Å². The first-order valence-electron chi connectivity index (χ1n) is 7.35. The van der Waals surface area contributed by atoms with Crippen molar-refractivity contribution < 1.29 is 13.2 Å². The molecule has 122 valence electrons. The highest BCUT2D eigenvalue weighted by atomic mass is 19.4. The van der Waals surface area contributed by atoms with Crippen molar-refractivity contribution in [3.63, 3.8) is 0 Å². The largest absolute Gasteiger partial charge is 0.416 e. The average molecular weight is 322 g/mol. The number of nitrogens with zero attached hydrogens (tertiary/aromatic N) is 2. The van der Waals surface area contributed by atoms with Gasteiger partial charge in [0.15, 0.2) is 0 Å². The first-order valence-corrected chi connectivity index (χ1v) is 7.35. The molecule has 1 aromatic carbocycles. The van der Waals surface area contributed by atoms with Gasteiger partial charge in [-0.1, -0.05) is 18.2 Å². The topological polar surface area (TPSA) is 62.8 Å². The van der Waals surface area contributed by atoms with Gasteiger partial charge in [-0.25, -0.2) is 0 Å². The highest BCUT2D eigenvalue weighted by Gasteiger charge is 2.43. The predicted octanol–water partition coefficient (Wildman–Crippen LogP) is 2.26. The fourth-order valence-electron chi connectivity index (χ4n) is 3.05. The summed E-state index contributed by atoms with van der Waals surface area (Å²) in [6, 6.07) is 5.03. The number of nitrogens with two attached hydrogens (primary N) is 1. The Hall–Kier alpha value is -1.99. The summed E-state index contributed by atoms with van der Waals surface area (Å²) in [5, 5.41) is 3.21. The summed E-state index contributed by atoms with van der Waals surface area (Å²) in [5.41, 5.74) is 6.20. The third-order valence-corrected chi connectivity index (χ3v) is 4.23. The van der Waals surface area contributed by atoms with Gasteiger partial charge >= 0.3 is 6.18 Å². The SMILES string of the molecule is NC1N=CC=NC1(C1=CCNCC1)c1ccc(C(F)(F)F)cc1. The number of hydrogen-bond donors (Lipinski definition) is 2. The van der Waals surface area contributed by atoms with E-state index in [1.807, 2.05) is 6.08 Å². The summed E-state index contributed by atoms with van der Waals surface area (Å²) in [6.45, 7) is 1.46. The van der Waals surface area contributed by atoms with Gasteiger partial charge in [0.1, 0.15) is 11.7 Å². The predicted molar refractivity (Wildman–Crippen MR) is 83.7 cm³/mol. The lowest BCUT2D eigenvalue weighted by molar-refractivity contribution is -0.137. The number of benzene rings is 1. The Kier molecular flexibility index (Phi) is 4.08. The quantitative estimate of drug-likeness (QED) is 0.821. The average Bonchev–Trinajstić information content (AvgIpc) is 2.56. The molecule has 0 aromatic heterocycles. The first kappa shape index (κ1) is 15.9. The molecule has 2 heterocycles. The summed E-state index contributed by atoms with van der Waals surface area (Å²) in [7, 11) is 0. The molecule has 0 saturated heterocycles. The molecule has 3 N–H and O–H groups in total. The molecular weight excluding hydrogens is 305 g/mol. The lowest BCUT2D eigenvalue weighted by atomic mass is 9.77. The van der Waals surface area contributed by atoms with Crippen molar-refractivity contribution in [3.05, 3.63) is 47.0 Å². The minimum absolute atomic E-state index is 0.624. The number of halogens is 3. The highest BCUT2D eigenvalue weighted by Crippen LogP contribution is 2.41. The third-order valence-electron chi connectivity index (χ3n) is 4.23. The molecule has 0 amide bonds. The smallest absolute Gasteiger partial charge is 0.313 e. The van der Waals surface area contributed by atoms with Crippen LogP contribution in [0.25, 0.3) is 0 Å². The van der Waals surface area contributed by atoms with Gasteiger partial charge in [0, 0.05) is 19.0 Å². The van der Waals surface area contributed by atoms with Gasteiger partial charge in [-0.3, -0.25) is 9.98 Å². The summed E-state index contributed by atoms with van der Waals surface area (Å²) >= 11 is 0.